The molecule has 1 saturated carbocycles. The number of nitrogens with one attached hydrogen (secondary N) is 2. The molecule has 4 atom stereocenters. The third-order valence-electron chi connectivity index (χ3n) is 9.44. The summed E-state index contributed by atoms with van der Waals surface area (Å²) in [7, 11) is 1.64. The molecule has 1 aromatic rings. The van der Waals surface area contributed by atoms with Crippen LogP contribution in [-0.4, -0.2) is 80.6 Å². The molecule has 1 aliphatic carbocycles. The summed E-state index contributed by atoms with van der Waals surface area (Å²) >= 11 is 0. The third kappa shape index (κ3) is 12.1. The fraction of sp³-hybridized carbons (Fsp3) is 0.743. The first-order chi connectivity index (χ1) is 21.7. The fourth-order valence-corrected chi connectivity index (χ4v) is 5.76. The highest BCUT2D eigenvalue weighted by atomic mass is 16.5. The van der Waals surface area contributed by atoms with Gasteiger partial charge in [0.2, 0.25) is 5.91 Å². The number of methoxy groups -OCH3 is 1. The van der Waals surface area contributed by atoms with Gasteiger partial charge >= 0.3 is 5.97 Å². The van der Waals surface area contributed by atoms with Gasteiger partial charge in [-0.2, -0.15) is 0 Å². The van der Waals surface area contributed by atoms with Gasteiger partial charge < -0.3 is 41.4 Å². The Kier molecular flexibility index (Phi) is 16.4. The molecule has 2 rings (SSSR count). The second-order valence-electron chi connectivity index (χ2n) is 14.0. The van der Waals surface area contributed by atoms with Crippen LogP contribution < -0.4 is 26.8 Å². The largest absolute Gasteiger partial charge is 0.493 e. The zero-order valence-electron chi connectivity index (χ0n) is 29.1. The Morgan fingerprint density at radius 3 is 2.22 bits per heavy atom. The molecule has 11 nitrogen and oxygen atoms in total. The zero-order chi connectivity index (χ0) is 34.4. The topological polar surface area (TPSA) is 175 Å². The second kappa shape index (κ2) is 19.2. The maximum atomic E-state index is 13.3. The number of para-hydroxylation sites is 1. The number of esters is 1. The first-order valence-corrected chi connectivity index (χ1v) is 16.9. The first-order valence-electron chi connectivity index (χ1n) is 16.9. The van der Waals surface area contributed by atoms with Gasteiger partial charge in [-0.25, -0.2) is 0 Å². The SMILES string of the molecule is COCCCOc1ccccc1C(=O)NCC(C[C@H](N)[C@@H](O)CNC(=O)C(C)(C)C1CCC(OC(=O)[C@@H](N)C(C)C)CC1)C(C)C. The molecule has 1 aliphatic rings. The van der Waals surface area contributed by atoms with Crippen LogP contribution in [0.4, 0.5) is 0 Å². The minimum atomic E-state index is -0.946. The fourth-order valence-electron chi connectivity index (χ4n) is 5.76. The van der Waals surface area contributed by atoms with E-state index in [0.717, 1.165) is 12.8 Å². The van der Waals surface area contributed by atoms with Gasteiger partial charge in [-0.1, -0.05) is 53.7 Å². The maximum absolute atomic E-state index is 13.3. The normalized spacial score (nSPS) is 19.7. The van der Waals surface area contributed by atoms with Crippen LogP contribution in [0.25, 0.3) is 0 Å². The maximum Gasteiger partial charge on any atom is 0.323 e. The lowest BCUT2D eigenvalue weighted by Gasteiger charge is -2.38. The van der Waals surface area contributed by atoms with Gasteiger partial charge in [0, 0.05) is 44.7 Å². The van der Waals surface area contributed by atoms with E-state index in [1.165, 1.54) is 0 Å². The highest BCUT2D eigenvalue weighted by Gasteiger charge is 2.40. The number of aliphatic hydroxyl groups excluding tert-OH is 1. The summed E-state index contributed by atoms with van der Waals surface area (Å²) in [5.41, 5.74) is 12.1. The lowest BCUT2D eigenvalue weighted by atomic mass is 9.70. The van der Waals surface area contributed by atoms with E-state index in [0.29, 0.717) is 56.8 Å². The van der Waals surface area contributed by atoms with Crippen molar-refractivity contribution < 1.29 is 33.7 Å². The molecule has 2 amide bonds. The van der Waals surface area contributed by atoms with E-state index in [4.69, 9.17) is 25.7 Å². The minimum Gasteiger partial charge on any atom is -0.493 e. The molecule has 0 spiro atoms. The summed E-state index contributed by atoms with van der Waals surface area (Å²) in [6.45, 7) is 13.2. The number of benzene rings is 1. The average molecular weight is 649 g/mol. The van der Waals surface area contributed by atoms with Crippen LogP contribution in [-0.2, 0) is 19.1 Å². The summed E-state index contributed by atoms with van der Waals surface area (Å²) in [6, 6.07) is 5.91. The molecule has 0 radical (unpaired) electrons. The minimum absolute atomic E-state index is 0.00917. The standard InChI is InChI=1S/C35H60N4O7/c1-22(2)24(20-38-32(41)27-11-8-9-12-30(27)45-18-10-17-44-7)19-28(36)29(40)21-39-34(43)35(5,6)25-13-15-26(16-14-25)46-33(42)31(37)23(3)4/h8-9,11-12,22-26,28-29,31,40H,10,13-21,36-37H2,1-7H3,(H,38,41)(H,39,43)/t24?,25?,26?,28-,29-,31-/m0/s1. The molecule has 262 valence electrons. The van der Waals surface area contributed by atoms with Gasteiger partial charge in [0.25, 0.3) is 5.91 Å². The molecule has 7 N–H and O–H groups in total. The van der Waals surface area contributed by atoms with E-state index in [1.54, 1.807) is 25.3 Å². The Morgan fingerprint density at radius 1 is 0.957 bits per heavy atom. The molecule has 0 heterocycles. The smallest absolute Gasteiger partial charge is 0.323 e. The number of amides is 2. The van der Waals surface area contributed by atoms with E-state index < -0.39 is 23.6 Å². The summed E-state index contributed by atoms with van der Waals surface area (Å²) in [4.78, 5) is 38.6. The molecule has 0 bridgehead atoms. The highest BCUT2D eigenvalue weighted by molar-refractivity contribution is 5.96. The molecule has 0 saturated heterocycles. The van der Waals surface area contributed by atoms with E-state index >= 15 is 0 Å². The highest BCUT2D eigenvalue weighted by Crippen LogP contribution is 2.39. The molecular formula is C35H60N4O7. The summed E-state index contributed by atoms with van der Waals surface area (Å²) in [5, 5.41) is 16.8. The van der Waals surface area contributed by atoms with Crippen LogP contribution in [0.2, 0.25) is 0 Å². The number of nitrogens with two attached hydrogens (primary N) is 2. The first kappa shape index (κ1) is 39.4. The van der Waals surface area contributed by atoms with Gasteiger partial charge in [-0.3, -0.25) is 14.4 Å². The third-order valence-corrected chi connectivity index (χ3v) is 9.44. The predicted octanol–water partition coefficient (Wildman–Crippen LogP) is 3.41. The molecule has 1 fully saturated rings. The Bertz CT molecular complexity index is 1090. The van der Waals surface area contributed by atoms with E-state index in [-0.39, 0.29) is 54.1 Å². The van der Waals surface area contributed by atoms with Crippen molar-refractivity contribution in [3.8, 4) is 5.75 Å². The van der Waals surface area contributed by atoms with Crippen molar-refractivity contribution in [1.29, 1.82) is 0 Å². The Hall–Kier alpha value is -2.73. The van der Waals surface area contributed by atoms with Crippen molar-refractivity contribution >= 4 is 17.8 Å². The van der Waals surface area contributed by atoms with Gasteiger partial charge in [0.15, 0.2) is 0 Å². The van der Waals surface area contributed by atoms with E-state index in [1.807, 2.05) is 33.8 Å². The number of hydrogen-bond donors (Lipinski definition) is 5. The van der Waals surface area contributed by atoms with Crippen molar-refractivity contribution in [1.82, 2.24) is 10.6 Å². The molecule has 1 aromatic carbocycles. The number of carbonyl (C=O) groups is 3. The quantitative estimate of drug-likeness (QED) is 0.111. The van der Waals surface area contributed by atoms with Crippen molar-refractivity contribution in [2.45, 2.75) is 104 Å². The van der Waals surface area contributed by atoms with Crippen molar-refractivity contribution in [2.75, 3.05) is 33.4 Å². The molecule has 1 unspecified atom stereocenters. The monoisotopic (exact) mass is 648 g/mol. The van der Waals surface area contributed by atoms with Gasteiger partial charge in [-0.05, 0) is 67.9 Å². The number of hydrogen-bond acceptors (Lipinski definition) is 9. The molecular weight excluding hydrogens is 588 g/mol. The van der Waals surface area contributed by atoms with Crippen LogP contribution in [0.3, 0.4) is 0 Å². The van der Waals surface area contributed by atoms with Crippen molar-refractivity contribution in [3.63, 3.8) is 0 Å². The molecule has 11 heteroatoms. The van der Waals surface area contributed by atoms with Gasteiger partial charge in [-0.15, -0.1) is 0 Å². The summed E-state index contributed by atoms with van der Waals surface area (Å²) in [6.07, 6.45) is 2.94. The van der Waals surface area contributed by atoms with Crippen molar-refractivity contribution in [2.24, 2.45) is 40.6 Å². The number of carbonyl (C=O) groups excluding carboxylic acids is 3. The van der Waals surface area contributed by atoms with Gasteiger partial charge in [0.1, 0.15) is 17.9 Å². The van der Waals surface area contributed by atoms with E-state index in [9.17, 15) is 19.5 Å². The summed E-state index contributed by atoms with van der Waals surface area (Å²) < 4.78 is 16.5. The lowest BCUT2D eigenvalue weighted by molar-refractivity contribution is -0.155. The number of rotatable bonds is 19. The Labute approximate surface area is 275 Å². The van der Waals surface area contributed by atoms with Crippen LogP contribution in [0.1, 0.15) is 90.4 Å². The van der Waals surface area contributed by atoms with Crippen molar-refractivity contribution in [3.05, 3.63) is 29.8 Å². The predicted molar refractivity (Wildman–Crippen MR) is 179 cm³/mol. The molecule has 46 heavy (non-hydrogen) atoms. The summed E-state index contributed by atoms with van der Waals surface area (Å²) in [5.74, 6) is 0.106. The zero-order valence-corrected chi connectivity index (χ0v) is 29.1. The Morgan fingerprint density at radius 2 is 1.61 bits per heavy atom. The van der Waals surface area contributed by atoms with Crippen LogP contribution in [0.5, 0.6) is 5.75 Å². The molecule has 0 aliphatic heterocycles. The Balaban J connectivity index is 1.84. The molecule has 0 aromatic heterocycles. The van der Waals surface area contributed by atoms with E-state index in [2.05, 4.69) is 24.5 Å². The van der Waals surface area contributed by atoms with Crippen LogP contribution >= 0.6 is 0 Å². The second-order valence-corrected chi connectivity index (χ2v) is 14.0. The van der Waals surface area contributed by atoms with Gasteiger partial charge in [0.05, 0.1) is 18.3 Å². The lowest BCUT2D eigenvalue weighted by Crippen LogP contribution is -2.50. The average Bonchev–Trinajstić information content (AvgIpc) is 3.03. The number of aliphatic hydroxyl groups is 1. The van der Waals surface area contributed by atoms with Crippen LogP contribution in [0.15, 0.2) is 24.3 Å². The van der Waals surface area contributed by atoms with Crippen LogP contribution in [0, 0.1) is 29.1 Å². The number of ether oxygens (including phenoxy) is 3.